The lowest BCUT2D eigenvalue weighted by atomic mass is 9.96. The maximum absolute atomic E-state index is 2.29. The SMILES string of the molecule is CC(C)c1cccc2sc3c4ccccc4ccc3c12. The summed E-state index contributed by atoms with van der Waals surface area (Å²) in [5, 5.41) is 5.57. The third kappa shape index (κ3) is 1.60. The molecule has 3 aromatic carbocycles. The molecule has 0 aliphatic rings. The Morgan fingerprint density at radius 2 is 1.65 bits per heavy atom. The van der Waals surface area contributed by atoms with E-state index in [0.29, 0.717) is 5.92 Å². The fourth-order valence-electron chi connectivity index (χ4n) is 3.06. The van der Waals surface area contributed by atoms with Crippen LogP contribution in [-0.2, 0) is 0 Å². The second kappa shape index (κ2) is 4.32. The van der Waals surface area contributed by atoms with Gasteiger partial charge in [0, 0.05) is 20.2 Å². The van der Waals surface area contributed by atoms with Crippen molar-refractivity contribution in [2.45, 2.75) is 19.8 Å². The van der Waals surface area contributed by atoms with E-state index < -0.39 is 0 Å². The van der Waals surface area contributed by atoms with Gasteiger partial charge in [-0.2, -0.15) is 0 Å². The molecule has 0 spiro atoms. The summed E-state index contributed by atoms with van der Waals surface area (Å²) >= 11 is 1.92. The zero-order chi connectivity index (χ0) is 13.7. The second-order valence-electron chi connectivity index (χ2n) is 5.64. The molecule has 4 rings (SSSR count). The Morgan fingerprint density at radius 3 is 2.50 bits per heavy atom. The average molecular weight is 276 g/mol. The number of benzene rings is 3. The lowest BCUT2D eigenvalue weighted by molar-refractivity contribution is 0.877. The van der Waals surface area contributed by atoms with Crippen LogP contribution in [0.25, 0.3) is 30.9 Å². The van der Waals surface area contributed by atoms with Crippen molar-refractivity contribution in [3.63, 3.8) is 0 Å². The second-order valence-corrected chi connectivity index (χ2v) is 6.69. The van der Waals surface area contributed by atoms with E-state index in [1.54, 1.807) is 0 Å². The zero-order valence-electron chi connectivity index (χ0n) is 11.7. The Balaban J connectivity index is 2.26. The highest BCUT2D eigenvalue weighted by atomic mass is 32.1. The maximum Gasteiger partial charge on any atom is 0.0433 e. The van der Waals surface area contributed by atoms with Gasteiger partial charge in [0.2, 0.25) is 0 Å². The molecule has 0 aliphatic heterocycles. The Kier molecular flexibility index (Phi) is 2.58. The molecule has 0 fully saturated rings. The topological polar surface area (TPSA) is 0 Å². The summed E-state index contributed by atoms with van der Waals surface area (Å²) in [5.41, 5.74) is 1.46. The minimum atomic E-state index is 0.558. The van der Waals surface area contributed by atoms with Crippen LogP contribution in [-0.4, -0.2) is 0 Å². The summed E-state index contributed by atoms with van der Waals surface area (Å²) in [5.74, 6) is 0.558. The fraction of sp³-hybridized carbons (Fsp3) is 0.158. The molecule has 0 bridgehead atoms. The first kappa shape index (κ1) is 11.9. The first-order chi connectivity index (χ1) is 9.75. The number of rotatable bonds is 1. The van der Waals surface area contributed by atoms with E-state index in [0.717, 1.165) is 0 Å². The summed E-state index contributed by atoms with van der Waals surface area (Å²) < 4.78 is 2.83. The first-order valence-corrected chi connectivity index (χ1v) is 7.90. The van der Waals surface area contributed by atoms with Gasteiger partial charge in [0.1, 0.15) is 0 Å². The molecule has 0 radical (unpaired) electrons. The number of hydrogen-bond donors (Lipinski definition) is 0. The minimum Gasteiger partial charge on any atom is -0.135 e. The summed E-state index contributed by atoms with van der Waals surface area (Å²) in [6, 6.07) is 19.9. The Labute approximate surface area is 122 Å². The van der Waals surface area contributed by atoms with Crippen LogP contribution in [0, 0.1) is 0 Å². The molecule has 0 N–H and O–H groups in total. The highest BCUT2D eigenvalue weighted by Crippen LogP contribution is 2.41. The number of fused-ring (bicyclic) bond motifs is 5. The summed E-state index contributed by atoms with van der Waals surface area (Å²) in [7, 11) is 0. The van der Waals surface area contributed by atoms with Crippen molar-refractivity contribution in [1.29, 1.82) is 0 Å². The van der Waals surface area contributed by atoms with Crippen molar-refractivity contribution in [1.82, 2.24) is 0 Å². The molecular formula is C19H16S. The Hall–Kier alpha value is -1.86. The molecule has 0 aliphatic carbocycles. The highest BCUT2D eigenvalue weighted by molar-refractivity contribution is 7.26. The minimum absolute atomic E-state index is 0.558. The molecule has 4 aromatic rings. The molecule has 0 nitrogen and oxygen atoms in total. The van der Waals surface area contributed by atoms with Gasteiger partial charge in [-0.15, -0.1) is 11.3 Å². The van der Waals surface area contributed by atoms with E-state index in [-0.39, 0.29) is 0 Å². The number of hydrogen-bond acceptors (Lipinski definition) is 1. The normalized spacial score (nSPS) is 11.9. The van der Waals surface area contributed by atoms with Crippen LogP contribution in [0.15, 0.2) is 54.6 Å². The molecule has 0 saturated carbocycles. The van der Waals surface area contributed by atoms with Gasteiger partial charge in [-0.05, 0) is 28.3 Å². The standard InChI is InChI=1S/C19H16S/c1-12(2)14-8-5-9-17-18(14)16-11-10-13-6-3-4-7-15(13)19(16)20-17/h3-12H,1-2H3. The smallest absolute Gasteiger partial charge is 0.0433 e. The van der Waals surface area contributed by atoms with Crippen LogP contribution in [0.2, 0.25) is 0 Å². The van der Waals surface area contributed by atoms with Gasteiger partial charge >= 0.3 is 0 Å². The summed E-state index contributed by atoms with van der Waals surface area (Å²) in [6.07, 6.45) is 0. The van der Waals surface area contributed by atoms with Crippen LogP contribution < -0.4 is 0 Å². The Morgan fingerprint density at radius 1 is 0.800 bits per heavy atom. The maximum atomic E-state index is 2.29. The van der Waals surface area contributed by atoms with Gasteiger partial charge in [-0.25, -0.2) is 0 Å². The van der Waals surface area contributed by atoms with Gasteiger partial charge < -0.3 is 0 Å². The molecule has 1 aromatic heterocycles. The molecule has 0 atom stereocenters. The quantitative estimate of drug-likeness (QED) is 0.381. The van der Waals surface area contributed by atoms with Gasteiger partial charge in [0.15, 0.2) is 0 Å². The molecule has 20 heavy (non-hydrogen) atoms. The van der Waals surface area contributed by atoms with Crippen LogP contribution in [0.4, 0.5) is 0 Å². The summed E-state index contributed by atoms with van der Waals surface area (Å²) in [4.78, 5) is 0. The predicted octanol–water partition coefficient (Wildman–Crippen LogP) is 6.33. The average Bonchev–Trinajstić information content (AvgIpc) is 2.86. The largest absolute Gasteiger partial charge is 0.135 e. The van der Waals surface area contributed by atoms with Crippen molar-refractivity contribution in [3.05, 3.63) is 60.2 Å². The van der Waals surface area contributed by atoms with Crippen molar-refractivity contribution >= 4 is 42.3 Å². The van der Waals surface area contributed by atoms with Crippen molar-refractivity contribution < 1.29 is 0 Å². The van der Waals surface area contributed by atoms with E-state index in [1.165, 1.54) is 36.5 Å². The molecular weight excluding hydrogens is 260 g/mol. The first-order valence-electron chi connectivity index (χ1n) is 7.08. The van der Waals surface area contributed by atoms with E-state index in [9.17, 15) is 0 Å². The van der Waals surface area contributed by atoms with Gasteiger partial charge in [-0.3, -0.25) is 0 Å². The molecule has 0 unspecified atom stereocenters. The third-order valence-electron chi connectivity index (χ3n) is 4.04. The predicted molar refractivity (Wildman–Crippen MR) is 90.9 cm³/mol. The van der Waals surface area contributed by atoms with Gasteiger partial charge in [0.05, 0.1) is 0 Å². The zero-order valence-corrected chi connectivity index (χ0v) is 12.5. The van der Waals surface area contributed by atoms with E-state index in [4.69, 9.17) is 0 Å². The van der Waals surface area contributed by atoms with Crippen LogP contribution >= 0.6 is 11.3 Å². The van der Waals surface area contributed by atoms with Gasteiger partial charge in [0.25, 0.3) is 0 Å². The molecule has 98 valence electrons. The lowest BCUT2D eigenvalue weighted by Crippen LogP contribution is -1.87. The third-order valence-corrected chi connectivity index (χ3v) is 5.25. The monoisotopic (exact) mass is 276 g/mol. The molecule has 1 heterocycles. The fourth-order valence-corrected chi connectivity index (χ4v) is 4.33. The highest BCUT2D eigenvalue weighted by Gasteiger charge is 2.12. The van der Waals surface area contributed by atoms with Crippen molar-refractivity contribution in [3.8, 4) is 0 Å². The molecule has 0 saturated heterocycles. The van der Waals surface area contributed by atoms with Crippen LogP contribution in [0.3, 0.4) is 0 Å². The Bertz CT molecular complexity index is 928. The molecule has 1 heteroatoms. The van der Waals surface area contributed by atoms with Crippen molar-refractivity contribution in [2.75, 3.05) is 0 Å². The summed E-state index contributed by atoms with van der Waals surface area (Å²) in [6.45, 7) is 4.55. The number of thiophene rings is 1. The van der Waals surface area contributed by atoms with E-state index in [2.05, 4.69) is 68.4 Å². The lowest BCUT2D eigenvalue weighted by Gasteiger charge is -2.07. The van der Waals surface area contributed by atoms with E-state index >= 15 is 0 Å². The van der Waals surface area contributed by atoms with Crippen LogP contribution in [0.5, 0.6) is 0 Å². The molecule has 0 amide bonds. The van der Waals surface area contributed by atoms with Crippen LogP contribution in [0.1, 0.15) is 25.3 Å². The van der Waals surface area contributed by atoms with E-state index in [1.807, 2.05) is 11.3 Å². The van der Waals surface area contributed by atoms with Gasteiger partial charge in [-0.1, -0.05) is 62.4 Å². The van der Waals surface area contributed by atoms with Crippen molar-refractivity contribution in [2.24, 2.45) is 0 Å².